The highest BCUT2D eigenvalue weighted by molar-refractivity contribution is 6.08. The van der Waals surface area contributed by atoms with Crippen LogP contribution in [0.2, 0.25) is 0 Å². The van der Waals surface area contributed by atoms with Gasteiger partial charge in [0.2, 0.25) is 0 Å². The Morgan fingerprint density at radius 1 is 1.10 bits per heavy atom. The monoisotopic (exact) mass is 284 g/mol. The van der Waals surface area contributed by atoms with Crippen molar-refractivity contribution in [3.05, 3.63) is 39.4 Å². The Morgan fingerprint density at radius 3 is 2.71 bits per heavy atom. The second-order valence-electron chi connectivity index (χ2n) is 5.62. The summed E-state index contributed by atoms with van der Waals surface area (Å²) in [5.41, 5.74) is 3.09. The van der Waals surface area contributed by atoms with Crippen molar-refractivity contribution in [2.24, 2.45) is 0 Å². The topological polar surface area (TPSA) is 52.6 Å². The summed E-state index contributed by atoms with van der Waals surface area (Å²) in [6.07, 6.45) is 4.30. The smallest absolute Gasteiger partial charge is 0.336 e. The molecule has 1 aliphatic rings. The SMILES string of the molecule is COc1cc2oc(=O)cc(C)c2c2oc3c(c12)CCCC3. The summed E-state index contributed by atoms with van der Waals surface area (Å²) in [5.74, 6) is 1.77. The van der Waals surface area contributed by atoms with Crippen LogP contribution in [0.5, 0.6) is 5.75 Å². The summed E-state index contributed by atoms with van der Waals surface area (Å²) in [4.78, 5) is 11.6. The molecule has 0 saturated heterocycles. The van der Waals surface area contributed by atoms with Gasteiger partial charge in [0.05, 0.1) is 17.9 Å². The molecule has 3 aromatic rings. The summed E-state index contributed by atoms with van der Waals surface area (Å²) < 4.78 is 17.0. The van der Waals surface area contributed by atoms with Gasteiger partial charge >= 0.3 is 5.63 Å². The number of hydrogen-bond acceptors (Lipinski definition) is 4. The number of methoxy groups -OCH3 is 1. The zero-order valence-electron chi connectivity index (χ0n) is 12.1. The van der Waals surface area contributed by atoms with E-state index in [0.717, 1.165) is 52.7 Å². The third kappa shape index (κ3) is 1.71. The zero-order chi connectivity index (χ0) is 14.6. The van der Waals surface area contributed by atoms with Crippen LogP contribution in [0.3, 0.4) is 0 Å². The average molecular weight is 284 g/mol. The molecule has 0 radical (unpaired) electrons. The fraction of sp³-hybridized carbons (Fsp3) is 0.353. The van der Waals surface area contributed by atoms with Gasteiger partial charge < -0.3 is 13.6 Å². The molecule has 0 aliphatic heterocycles. The van der Waals surface area contributed by atoms with Gasteiger partial charge in [-0.25, -0.2) is 4.79 Å². The number of furan rings is 1. The Kier molecular flexibility index (Phi) is 2.61. The third-order valence-corrected chi connectivity index (χ3v) is 4.31. The van der Waals surface area contributed by atoms with E-state index in [4.69, 9.17) is 13.6 Å². The summed E-state index contributed by atoms with van der Waals surface area (Å²) in [5, 5.41) is 1.91. The van der Waals surface area contributed by atoms with Gasteiger partial charge in [0, 0.05) is 24.1 Å². The molecule has 0 saturated carbocycles. The van der Waals surface area contributed by atoms with E-state index >= 15 is 0 Å². The van der Waals surface area contributed by atoms with E-state index in [1.165, 1.54) is 18.1 Å². The van der Waals surface area contributed by atoms with Gasteiger partial charge in [-0.05, 0) is 31.7 Å². The highest BCUT2D eigenvalue weighted by Crippen LogP contribution is 2.42. The average Bonchev–Trinajstić information content (AvgIpc) is 2.84. The van der Waals surface area contributed by atoms with Crippen LogP contribution in [0.15, 0.2) is 25.8 Å². The van der Waals surface area contributed by atoms with Crippen LogP contribution in [-0.4, -0.2) is 7.11 Å². The number of hydrogen-bond donors (Lipinski definition) is 0. The van der Waals surface area contributed by atoms with E-state index in [-0.39, 0.29) is 5.63 Å². The second-order valence-corrected chi connectivity index (χ2v) is 5.62. The standard InChI is InChI=1S/C17H16O4/c1-9-7-14(18)20-13-8-12(19-2)16-10-5-3-4-6-11(10)21-17(16)15(9)13/h7-8H,3-6H2,1-2H3. The third-order valence-electron chi connectivity index (χ3n) is 4.31. The number of rotatable bonds is 1. The minimum absolute atomic E-state index is 0.349. The molecule has 4 heteroatoms. The molecule has 108 valence electrons. The van der Waals surface area contributed by atoms with Gasteiger partial charge in [-0.15, -0.1) is 0 Å². The van der Waals surface area contributed by atoms with E-state index in [2.05, 4.69) is 0 Å². The lowest BCUT2D eigenvalue weighted by atomic mass is 9.95. The number of ether oxygens (including phenoxy) is 1. The minimum Gasteiger partial charge on any atom is -0.496 e. The number of benzene rings is 1. The molecule has 1 aromatic carbocycles. The first-order chi connectivity index (χ1) is 10.2. The van der Waals surface area contributed by atoms with Crippen LogP contribution in [0.25, 0.3) is 21.9 Å². The van der Waals surface area contributed by atoms with Gasteiger partial charge in [-0.2, -0.15) is 0 Å². The fourth-order valence-corrected chi connectivity index (χ4v) is 3.38. The Balaban J connectivity index is 2.24. The Morgan fingerprint density at radius 2 is 1.90 bits per heavy atom. The molecule has 0 bridgehead atoms. The van der Waals surface area contributed by atoms with Crippen molar-refractivity contribution in [2.45, 2.75) is 32.6 Å². The van der Waals surface area contributed by atoms with Crippen LogP contribution >= 0.6 is 0 Å². The molecule has 21 heavy (non-hydrogen) atoms. The Bertz CT molecular complexity index is 914. The molecular weight excluding hydrogens is 268 g/mol. The molecule has 0 amide bonds. The van der Waals surface area contributed by atoms with Crippen LogP contribution < -0.4 is 10.4 Å². The zero-order valence-corrected chi connectivity index (χ0v) is 12.1. The second kappa shape index (κ2) is 4.38. The van der Waals surface area contributed by atoms with Gasteiger partial charge in [0.15, 0.2) is 0 Å². The summed E-state index contributed by atoms with van der Waals surface area (Å²) in [6.45, 7) is 1.91. The molecule has 0 unspecified atom stereocenters. The molecule has 2 heterocycles. The Hall–Kier alpha value is -2.23. The van der Waals surface area contributed by atoms with E-state index in [9.17, 15) is 4.79 Å². The maximum absolute atomic E-state index is 11.6. The van der Waals surface area contributed by atoms with Crippen molar-refractivity contribution < 1.29 is 13.6 Å². The lowest BCUT2D eigenvalue weighted by Crippen LogP contribution is -2.00. The molecule has 0 atom stereocenters. The van der Waals surface area contributed by atoms with Crippen molar-refractivity contribution in [3.63, 3.8) is 0 Å². The molecule has 4 rings (SSSR count). The molecule has 0 fully saturated rings. The maximum atomic E-state index is 11.6. The Labute approximate surface area is 121 Å². The predicted octanol–water partition coefficient (Wildman–Crippen LogP) is 3.74. The van der Waals surface area contributed by atoms with Crippen LogP contribution in [0.1, 0.15) is 29.7 Å². The summed E-state index contributed by atoms with van der Waals surface area (Å²) in [7, 11) is 1.64. The lowest BCUT2D eigenvalue weighted by Gasteiger charge is -2.10. The quantitative estimate of drug-likeness (QED) is 0.639. The first-order valence-electron chi connectivity index (χ1n) is 7.24. The highest BCUT2D eigenvalue weighted by atomic mass is 16.5. The summed E-state index contributed by atoms with van der Waals surface area (Å²) >= 11 is 0. The number of aryl methyl sites for hydroxylation is 3. The van der Waals surface area contributed by atoms with Gasteiger partial charge in [-0.1, -0.05) is 0 Å². The first kappa shape index (κ1) is 12.5. The predicted molar refractivity (Wildman–Crippen MR) is 80.2 cm³/mol. The maximum Gasteiger partial charge on any atom is 0.336 e. The fourth-order valence-electron chi connectivity index (χ4n) is 3.38. The van der Waals surface area contributed by atoms with Crippen molar-refractivity contribution in [3.8, 4) is 5.75 Å². The molecule has 4 nitrogen and oxygen atoms in total. The molecular formula is C17H16O4. The van der Waals surface area contributed by atoms with Crippen LogP contribution in [-0.2, 0) is 12.8 Å². The minimum atomic E-state index is -0.349. The van der Waals surface area contributed by atoms with Crippen molar-refractivity contribution in [1.82, 2.24) is 0 Å². The van der Waals surface area contributed by atoms with Gasteiger partial charge in [0.1, 0.15) is 22.7 Å². The normalized spacial score (nSPS) is 14.6. The molecule has 2 aromatic heterocycles. The molecule has 0 N–H and O–H groups in total. The van der Waals surface area contributed by atoms with E-state index < -0.39 is 0 Å². The van der Waals surface area contributed by atoms with Crippen molar-refractivity contribution >= 4 is 21.9 Å². The van der Waals surface area contributed by atoms with Gasteiger partial charge in [-0.3, -0.25) is 0 Å². The van der Waals surface area contributed by atoms with Crippen molar-refractivity contribution in [2.75, 3.05) is 7.11 Å². The molecule has 0 spiro atoms. The van der Waals surface area contributed by atoms with Gasteiger partial charge in [0.25, 0.3) is 0 Å². The van der Waals surface area contributed by atoms with E-state index in [1.54, 1.807) is 13.2 Å². The summed E-state index contributed by atoms with van der Waals surface area (Å²) in [6, 6.07) is 3.31. The van der Waals surface area contributed by atoms with Crippen LogP contribution in [0.4, 0.5) is 0 Å². The van der Waals surface area contributed by atoms with E-state index in [1.807, 2.05) is 6.92 Å². The number of fused-ring (bicyclic) bond motifs is 5. The van der Waals surface area contributed by atoms with Crippen LogP contribution in [0, 0.1) is 6.92 Å². The highest BCUT2D eigenvalue weighted by Gasteiger charge is 2.24. The largest absolute Gasteiger partial charge is 0.496 e. The van der Waals surface area contributed by atoms with Crippen molar-refractivity contribution in [1.29, 1.82) is 0 Å². The first-order valence-corrected chi connectivity index (χ1v) is 7.24. The van der Waals surface area contributed by atoms with E-state index in [0.29, 0.717) is 5.58 Å². The molecule has 1 aliphatic carbocycles. The lowest BCUT2D eigenvalue weighted by molar-refractivity contribution is 0.418.